The number of phenolic OH excluding ortho intramolecular Hbond substituents is 1. The van der Waals surface area contributed by atoms with Crippen LogP contribution in [0.5, 0.6) is 5.75 Å². The van der Waals surface area contributed by atoms with Crippen molar-refractivity contribution in [1.82, 2.24) is 0 Å². The second kappa shape index (κ2) is 4.86. The van der Waals surface area contributed by atoms with E-state index in [9.17, 15) is 14.7 Å². The summed E-state index contributed by atoms with van der Waals surface area (Å²) in [5.74, 6) is -0.187. The summed E-state index contributed by atoms with van der Waals surface area (Å²) >= 11 is 0. The van der Waals surface area contributed by atoms with Crippen LogP contribution in [0.1, 0.15) is 31.1 Å². The monoisotopic (exact) mass is 237 g/mol. The lowest BCUT2D eigenvalue weighted by atomic mass is 10.2. The van der Waals surface area contributed by atoms with Crippen molar-refractivity contribution >= 4 is 18.1 Å². The molecule has 17 heavy (non-hydrogen) atoms. The standard InChI is InChI=1S/C12H15NO4/c1-12(2,3)17-11(16)13-9-5-4-8(7-14)10(15)6-9/h4-7,15H,1-3H3,(H,13,16). The summed E-state index contributed by atoms with van der Waals surface area (Å²) in [4.78, 5) is 21.9. The van der Waals surface area contributed by atoms with E-state index in [4.69, 9.17) is 4.74 Å². The maximum absolute atomic E-state index is 11.4. The molecule has 0 aliphatic carbocycles. The van der Waals surface area contributed by atoms with Gasteiger partial charge in [0, 0.05) is 11.8 Å². The average Bonchev–Trinajstić information content (AvgIpc) is 2.14. The zero-order chi connectivity index (χ0) is 13.1. The Morgan fingerprint density at radius 3 is 2.53 bits per heavy atom. The van der Waals surface area contributed by atoms with Crippen LogP contribution in [0.15, 0.2) is 18.2 Å². The number of rotatable bonds is 2. The first kappa shape index (κ1) is 13.0. The number of benzene rings is 1. The topological polar surface area (TPSA) is 75.6 Å². The minimum atomic E-state index is -0.615. The second-order valence-electron chi connectivity index (χ2n) is 4.52. The maximum Gasteiger partial charge on any atom is 0.412 e. The van der Waals surface area contributed by atoms with Crippen molar-refractivity contribution in [3.63, 3.8) is 0 Å². The number of aldehydes is 1. The van der Waals surface area contributed by atoms with Gasteiger partial charge in [-0.25, -0.2) is 4.79 Å². The Hall–Kier alpha value is -2.04. The SMILES string of the molecule is CC(C)(C)OC(=O)Nc1ccc(C=O)c(O)c1. The van der Waals surface area contributed by atoms with Crippen molar-refractivity contribution in [2.45, 2.75) is 26.4 Å². The number of hydrogen-bond donors (Lipinski definition) is 2. The summed E-state index contributed by atoms with van der Waals surface area (Å²) in [5, 5.41) is 11.9. The highest BCUT2D eigenvalue weighted by molar-refractivity contribution is 5.87. The number of carbonyl (C=O) groups is 2. The molecule has 0 atom stereocenters. The minimum Gasteiger partial charge on any atom is -0.507 e. The molecule has 0 saturated heterocycles. The Labute approximate surface area is 99.4 Å². The Balaban J connectivity index is 2.73. The third kappa shape index (κ3) is 4.14. The zero-order valence-corrected chi connectivity index (χ0v) is 9.98. The summed E-state index contributed by atoms with van der Waals surface area (Å²) in [6.45, 7) is 5.25. The van der Waals surface area contributed by atoms with Crippen LogP contribution in [0.2, 0.25) is 0 Å². The molecule has 0 saturated carbocycles. The predicted molar refractivity (Wildman–Crippen MR) is 63.4 cm³/mol. The number of ether oxygens (including phenoxy) is 1. The van der Waals surface area contributed by atoms with Crippen molar-refractivity contribution in [3.05, 3.63) is 23.8 Å². The van der Waals surface area contributed by atoms with Crippen LogP contribution < -0.4 is 5.32 Å². The highest BCUT2D eigenvalue weighted by atomic mass is 16.6. The largest absolute Gasteiger partial charge is 0.507 e. The lowest BCUT2D eigenvalue weighted by Gasteiger charge is -2.19. The van der Waals surface area contributed by atoms with Gasteiger partial charge in [-0.1, -0.05) is 0 Å². The maximum atomic E-state index is 11.4. The molecular weight excluding hydrogens is 222 g/mol. The molecule has 92 valence electrons. The van der Waals surface area contributed by atoms with Crippen LogP contribution in [-0.2, 0) is 4.74 Å². The first-order valence-electron chi connectivity index (χ1n) is 5.10. The number of carbonyl (C=O) groups excluding carboxylic acids is 2. The molecule has 5 nitrogen and oxygen atoms in total. The summed E-state index contributed by atoms with van der Waals surface area (Å²) in [6, 6.07) is 4.20. The first-order valence-corrected chi connectivity index (χ1v) is 5.10. The van der Waals surface area contributed by atoms with Gasteiger partial charge in [-0.3, -0.25) is 10.1 Å². The molecule has 0 aliphatic heterocycles. The summed E-state index contributed by atoms with van der Waals surface area (Å²) < 4.78 is 5.04. The van der Waals surface area contributed by atoms with Gasteiger partial charge < -0.3 is 9.84 Å². The van der Waals surface area contributed by atoms with E-state index in [-0.39, 0.29) is 11.3 Å². The van der Waals surface area contributed by atoms with Gasteiger partial charge >= 0.3 is 6.09 Å². The van der Waals surface area contributed by atoms with E-state index < -0.39 is 11.7 Å². The van der Waals surface area contributed by atoms with Crippen molar-refractivity contribution in [3.8, 4) is 5.75 Å². The van der Waals surface area contributed by atoms with Crippen LogP contribution in [0.25, 0.3) is 0 Å². The van der Waals surface area contributed by atoms with Crippen LogP contribution in [0, 0.1) is 0 Å². The van der Waals surface area contributed by atoms with Gasteiger partial charge in [-0.05, 0) is 32.9 Å². The van der Waals surface area contributed by atoms with E-state index in [1.54, 1.807) is 20.8 Å². The molecular formula is C12H15NO4. The smallest absolute Gasteiger partial charge is 0.412 e. The number of nitrogens with one attached hydrogen (secondary N) is 1. The third-order valence-electron chi connectivity index (χ3n) is 1.80. The van der Waals surface area contributed by atoms with E-state index >= 15 is 0 Å². The molecule has 1 rings (SSSR count). The first-order chi connectivity index (χ1) is 7.81. The van der Waals surface area contributed by atoms with Gasteiger partial charge in [0.2, 0.25) is 0 Å². The van der Waals surface area contributed by atoms with E-state index in [2.05, 4.69) is 5.32 Å². The molecule has 0 bridgehead atoms. The molecule has 0 radical (unpaired) electrons. The zero-order valence-electron chi connectivity index (χ0n) is 9.98. The van der Waals surface area contributed by atoms with Crippen LogP contribution in [-0.4, -0.2) is 23.1 Å². The second-order valence-corrected chi connectivity index (χ2v) is 4.52. The van der Waals surface area contributed by atoms with Crippen LogP contribution in [0.3, 0.4) is 0 Å². The molecule has 0 heterocycles. The third-order valence-corrected chi connectivity index (χ3v) is 1.80. The highest BCUT2D eigenvalue weighted by Gasteiger charge is 2.16. The molecule has 5 heteroatoms. The lowest BCUT2D eigenvalue weighted by Crippen LogP contribution is -2.27. The number of amides is 1. The van der Waals surface area contributed by atoms with E-state index in [1.165, 1.54) is 18.2 Å². The van der Waals surface area contributed by atoms with Gasteiger partial charge in [-0.15, -0.1) is 0 Å². The van der Waals surface area contributed by atoms with Gasteiger partial charge in [0.25, 0.3) is 0 Å². The Kier molecular flexibility index (Phi) is 3.73. The van der Waals surface area contributed by atoms with Crippen molar-refractivity contribution in [2.24, 2.45) is 0 Å². The fourth-order valence-electron chi connectivity index (χ4n) is 1.14. The molecule has 1 aromatic carbocycles. The molecule has 1 aromatic rings. The number of aromatic hydroxyl groups is 1. The highest BCUT2D eigenvalue weighted by Crippen LogP contribution is 2.21. The summed E-state index contributed by atoms with van der Waals surface area (Å²) in [5.41, 5.74) is -0.0587. The van der Waals surface area contributed by atoms with Gasteiger partial charge in [0.1, 0.15) is 11.4 Å². The van der Waals surface area contributed by atoms with Gasteiger partial charge in [0.15, 0.2) is 6.29 Å². The number of anilines is 1. The number of hydrogen-bond acceptors (Lipinski definition) is 4. The quantitative estimate of drug-likeness (QED) is 0.775. The van der Waals surface area contributed by atoms with Crippen molar-refractivity contribution < 1.29 is 19.4 Å². The lowest BCUT2D eigenvalue weighted by molar-refractivity contribution is 0.0636. The van der Waals surface area contributed by atoms with Crippen molar-refractivity contribution in [1.29, 1.82) is 0 Å². The summed E-state index contributed by atoms with van der Waals surface area (Å²) in [6.07, 6.45) is -0.0807. The average molecular weight is 237 g/mol. The molecule has 0 fully saturated rings. The molecule has 1 amide bonds. The summed E-state index contributed by atoms with van der Waals surface area (Å²) in [7, 11) is 0. The van der Waals surface area contributed by atoms with E-state index in [1.807, 2.05) is 0 Å². The van der Waals surface area contributed by atoms with Crippen molar-refractivity contribution in [2.75, 3.05) is 5.32 Å². The molecule has 0 spiro atoms. The molecule has 0 unspecified atom stereocenters. The normalized spacial score (nSPS) is 10.8. The van der Waals surface area contributed by atoms with Gasteiger partial charge in [-0.2, -0.15) is 0 Å². The van der Waals surface area contributed by atoms with Gasteiger partial charge in [0.05, 0.1) is 5.56 Å². The van der Waals surface area contributed by atoms with Crippen LogP contribution in [0.4, 0.5) is 10.5 Å². The Morgan fingerprint density at radius 1 is 1.41 bits per heavy atom. The molecule has 0 aromatic heterocycles. The Bertz CT molecular complexity index is 435. The fourth-order valence-corrected chi connectivity index (χ4v) is 1.14. The predicted octanol–water partition coefficient (Wildman–Crippen LogP) is 2.55. The minimum absolute atomic E-state index is 0.166. The Morgan fingerprint density at radius 2 is 2.06 bits per heavy atom. The molecule has 2 N–H and O–H groups in total. The fraction of sp³-hybridized carbons (Fsp3) is 0.333. The van der Waals surface area contributed by atoms with E-state index in [0.717, 1.165) is 0 Å². The molecule has 0 aliphatic rings. The van der Waals surface area contributed by atoms with E-state index in [0.29, 0.717) is 12.0 Å². The van der Waals surface area contributed by atoms with Crippen LogP contribution >= 0.6 is 0 Å². The number of phenols is 1.